The molecule has 1 aromatic carbocycles. The van der Waals surface area contributed by atoms with Crippen molar-refractivity contribution in [1.82, 2.24) is 5.32 Å². The molecule has 3 heteroatoms. The Kier molecular flexibility index (Phi) is 3.56. The van der Waals surface area contributed by atoms with E-state index >= 15 is 0 Å². The average Bonchev–Trinajstić information content (AvgIpc) is 2.85. The number of amides is 1. The highest BCUT2D eigenvalue weighted by molar-refractivity contribution is 5.80. The predicted octanol–water partition coefficient (Wildman–Crippen LogP) is 1.79. The van der Waals surface area contributed by atoms with E-state index in [1.54, 1.807) is 0 Å². The molecule has 19 heavy (non-hydrogen) atoms. The number of nitrogens with one attached hydrogen (secondary N) is 1. The Morgan fingerprint density at radius 1 is 1.05 bits per heavy atom. The van der Waals surface area contributed by atoms with Crippen LogP contribution in [0.3, 0.4) is 0 Å². The lowest BCUT2D eigenvalue weighted by Gasteiger charge is -2.27. The van der Waals surface area contributed by atoms with Crippen molar-refractivity contribution in [2.45, 2.75) is 50.6 Å². The van der Waals surface area contributed by atoms with Crippen LogP contribution < -0.4 is 11.1 Å². The van der Waals surface area contributed by atoms with Gasteiger partial charge in [0.05, 0.1) is 0 Å². The molecule has 3 rings (SSSR count). The highest BCUT2D eigenvalue weighted by Crippen LogP contribution is 2.27. The van der Waals surface area contributed by atoms with E-state index in [-0.39, 0.29) is 11.8 Å². The number of rotatable bonds is 2. The van der Waals surface area contributed by atoms with E-state index in [1.807, 2.05) is 0 Å². The Morgan fingerprint density at radius 2 is 1.63 bits per heavy atom. The van der Waals surface area contributed by atoms with Gasteiger partial charge in [-0.25, -0.2) is 0 Å². The molecule has 0 unspecified atom stereocenters. The summed E-state index contributed by atoms with van der Waals surface area (Å²) >= 11 is 0. The zero-order valence-corrected chi connectivity index (χ0v) is 11.3. The SMILES string of the molecule is NC1CCC(NC(=O)C2Cc3ccccc3C2)CC1. The van der Waals surface area contributed by atoms with Crippen molar-refractivity contribution in [3.8, 4) is 0 Å². The number of hydrogen-bond acceptors (Lipinski definition) is 2. The fourth-order valence-corrected chi connectivity index (χ4v) is 3.33. The minimum atomic E-state index is 0.132. The number of fused-ring (bicyclic) bond motifs is 1. The average molecular weight is 258 g/mol. The van der Waals surface area contributed by atoms with Crippen LogP contribution in [0, 0.1) is 5.92 Å². The molecule has 1 amide bonds. The van der Waals surface area contributed by atoms with Gasteiger partial charge in [-0.1, -0.05) is 24.3 Å². The van der Waals surface area contributed by atoms with Gasteiger partial charge in [-0.15, -0.1) is 0 Å². The lowest BCUT2D eigenvalue weighted by atomic mass is 9.91. The van der Waals surface area contributed by atoms with Crippen molar-refractivity contribution >= 4 is 5.91 Å². The summed E-state index contributed by atoms with van der Waals surface area (Å²) in [5.74, 6) is 0.365. The number of nitrogens with two attached hydrogens (primary N) is 1. The van der Waals surface area contributed by atoms with Crippen molar-refractivity contribution in [1.29, 1.82) is 0 Å². The monoisotopic (exact) mass is 258 g/mol. The minimum Gasteiger partial charge on any atom is -0.353 e. The maximum absolute atomic E-state index is 12.3. The van der Waals surface area contributed by atoms with E-state index in [9.17, 15) is 4.79 Å². The van der Waals surface area contributed by atoms with Crippen molar-refractivity contribution in [2.75, 3.05) is 0 Å². The lowest BCUT2D eigenvalue weighted by Crippen LogP contribution is -2.43. The highest BCUT2D eigenvalue weighted by Gasteiger charge is 2.29. The molecule has 3 nitrogen and oxygen atoms in total. The van der Waals surface area contributed by atoms with Crippen LogP contribution in [0.1, 0.15) is 36.8 Å². The van der Waals surface area contributed by atoms with Crippen molar-refractivity contribution < 1.29 is 4.79 Å². The Bertz CT molecular complexity index is 439. The van der Waals surface area contributed by atoms with E-state index in [0.717, 1.165) is 38.5 Å². The maximum Gasteiger partial charge on any atom is 0.223 e. The molecule has 0 heterocycles. The summed E-state index contributed by atoms with van der Waals surface area (Å²) in [7, 11) is 0. The minimum absolute atomic E-state index is 0.132. The van der Waals surface area contributed by atoms with Crippen LogP contribution in [-0.4, -0.2) is 18.0 Å². The van der Waals surface area contributed by atoms with E-state index in [0.29, 0.717) is 12.1 Å². The molecule has 0 spiro atoms. The smallest absolute Gasteiger partial charge is 0.223 e. The summed E-state index contributed by atoms with van der Waals surface area (Å²) < 4.78 is 0. The Hall–Kier alpha value is -1.35. The molecule has 2 aliphatic carbocycles. The fraction of sp³-hybridized carbons (Fsp3) is 0.562. The van der Waals surface area contributed by atoms with Gasteiger partial charge in [-0.2, -0.15) is 0 Å². The molecule has 2 aliphatic rings. The molecule has 0 aliphatic heterocycles. The zero-order valence-electron chi connectivity index (χ0n) is 11.3. The highest BCUT2D eigenvalue weighted by atomic mass is 16.1. The van der Waals surface area contributed by atoms with Crippen LogP contribution in [0.2, 0.25) is 0 Å². The van der Waals surface area contributed by atoms with Crippen molar-refractivity contribution in [3.63, 3.8) is 0 Å². The van der Waals surface area contributed by atoms with E-state index < -0.39 is 0 Å². The summed E-state index contributed by atoms with van der Waals surface area (Å²) in [5, 5.41) is 3.22. The molecular formula is C16H22N2O. The third-order valence-corrected chi connectivity index (χ3v) is 4.54. The van der Waals surface area contributed by atoms with Crippen molar-refractivity contribution in [3.05, 3.63) is 35.4 Å². The third-order valence-electron chi connectivity index (χ3n) is 4.54. The van der Waals surface area contributed by atoms with Crippen LogP contribution in [0.15, 0.2) is 24.3 Å². The Labute approximate surface area is 114 Å². The maximum atomic E-state index is 12.3. The van der Waals surface area contributed by atoms with Crippen LogP contribution in [0.5, 0.6) is 0 Å². The standard InChI is InChI=1S/C16H22N2O/c17-14-5-7-15(8-6-14)18-16(19)13-9-11-3-1-2-4-12(11)10-13/h1-4,13-15H,5-10,17H2,(H,18,19). The van der Waals surface area contributed by atoms with E-state index in [2.05, 4.69) is 29.6 Å². The molecule has 0 atom stereocenters. The molecule has 0 saturated heterocycles. The summed E-state index contributed by atoms with van der Waals surface area (Å²) in [4.78, 5) is 12.3. The molecule has 102 valence electrons. The topological polar surface area (TPSA) is 55.1 Å². The summed E-state index contributed by atoms with van der Waals surface area (Å²) in [6.07, 6.45) is 5.94. The van der Waals surface area contributed by atoms with E-state index in [1.165, 1.54) is 11.1 Å². The van der Waals surface area contributed by atoms with Crippen LogP contribution in [0.4, 0.5) is 0 Å². The van der Waals surface area contributed by atoms with Gasteiger partial charge >= 0.3 is 0 Å². The number of benzene rings is 1. The first kappa shape index (κ1) is 12.7. The molecule has 0 aromatic heterocycles. The number of hydrogen-bond donors (Lipinski definition) is 2. The Morgan fingerprint density at radius 3 is 2.21 bits per heavy atom. The van der Waals surface area contributed by atoms with Gasteiger partial charge in [0.25, 0.3) is 0 Å². The first-order valence-electron chi connectivity index (χ1n) is 7.35. The van der Waals surface area contributed by atoms with Gasteiger partial charge in [0.2, 0.25) is 5.91 Å². The second-order valence-corrected chi connectivity index (χ2v) is 5.99. The van der Waals surface area contributed by atoms with Crippen LogP contribution in [-0.2, 0) is 17.6 Å². The normalized spacial score (nSPS) is 27.0. The zero-order chi connectivity index (χ0) is 13.2. The number of carbonyl (C=O) groups is 1. The molecule has 3 N–H and O–H groups in total. The van der Waals surface area contributed by atoms with Gasteiger partial charge in [0.1, 0.15) is 0 Å². The second kappa shape index (κ2) is 5.33. The first-order valence-corrected chi connectivity index (χ1v) is 7.35. The van der Waals surface area contributed by atoms with Gasteiger partial charge in [-0.05, 0) is 49.7 Å². The molecule has 0 radical (unpaired) electrons. The fourth-order valence-electron chi connectivity index (χ4n) is 3.33. The molecule has 1 aromatic rings. The molecule has 0 bridgehead atoms. The largest absolute Gasteiger partial charge is 0.353 e. The van der Waals surface area contributed by atoms with Gasteiger partial charge in [0.15, 0.2) is 0 Å². The first-order chi connectivity index (χ1) is 9.22. The van der Waals surface area contributed by atoms with Gasteiger partial charge in [-0.3, -0.25) is 4.79 Å². The number of carbonyl (C=O) groups excluding carboxylic acids is 1. The summed E-state index contributed by atoms with van der Waals surface area (Å²) in [5.41, 5.74) is 8.58. The third kappa shape index (κ3) is 2.81. The second-order valence-electron chi connectivity index (χ2n) is 5.99. The summed E-state index contributed by atoms with van der Waals surface area (Å²) in [6.45, 7) is 0. The molecule has 1 fully saturated rings. The summed E-state index contributed by atoms with van der Waals surface area (Å²) in [6, 6.07) is 9.08. The molecule has 1 saturated carbocycles. The van der Waals surface area contributed by atoms with E-state index in [4.69, 9.17) is 5.73 Å². The van der Waals surface area contributed by atoms with Crippen molar-refractivity contribution in [2.24, 2.45) is 11.7 Å². The quantitative estimate of drug-likeness (QED) is 0.849. The Balaban J connectivity index is 1.55. The predicted molar refractivity (Wildman–Crippen MR) is 75.7 cm³/mol. The lowest BCUT2D eigenvalue weighted by molar-refractivity contribution is -0.125. The van der Waals surface area contributed by atoms with Crippen LogP contribution >= 0.6 is 0 Å². The molecular weight excluding hydrogens is 236 g/mol. The van der Waals surface area contributed by atoms with Gasteiger partial charge in [0, 0.05) is 18.0 Å². The van der Waals surface area contributed by atoms with Crippen LogP contribution in [0.25, 0.3) is 0 Å². The van der Waals surface area contributed by atoms with Gasteiger partial charge < -0.3 is 11.1 Å².